The molecule has 0 unspecified atom stereocenters. The van der Waals surface area contributed by atoms with E-state index in [0.29, 0.717) is 5.75 Å². The highest BCUT2D eigenvalue weighted by atomic mass is 32.1. The number of hydrogen-bond acceptors (Lipinski definition) is 6. The minimum Gasteiger partial charge on any atom is -0.410 e. The summed E-state index contributed by atoms with van der Waals surface area (Å²) in [5, 5.41) is 11.8. The smallest absolute Gasteiger partial charge is 0.410 e. The van der Waals surface area contributed by atoms with Crippen LogP contribution in [0, 0.1) is 0 Å². The molecule has 28 heavy (non-hydrogen) atoms. The third kappa shape index (κ3) is 4.72. The van der Waals surface area contributed by atoms with E-state index in [1.165, 1.54) is 37.0 Å². The van der Waals surface area contributed by atoms with Gasteiger partial charge in [-0.1, -0.05) is 49.2 Å². The van der Waals surface area contributed by atoms with Crippen molar-refractivity contribution in [3.63, 3.8) is 0 Å². The number of nitrogens with zero attached hydrogens (tertiary/aromatic N) is 3. The number of amides is 1. The number of carbonyl (C=O) groups is 1. The Hall–Kier alpha value is -2.80. The normalized spacial score (nSPS) is 15.0. The van der Waals surface area contributed by atoms with Gasteiger partial charge < -0.3 is 10.1 Å². The average Bonchev–Trinajstić information content (AvgIpc) is 3.14. The third-order valence-corrected chi connectivity index (χ3v) is 5.64. The van der Waals surface area contributed by atoms with Gasteiger partial charge in [0, 0.05) is 29.6 Å². The maximum atomic E-state index is 12.3. The number of benzene rings is 1. The molecule has 0 aliphatic heterocycles. The lowest BCUT2D eigenvalue weighted by Gasteiger charge is -2.16. The molecular formula is C21H22N4O2S. The zero-order chi connectivity index (χ0) is 19.2. The quantitative estimate of drug-likeness (QED) is 0.625. The highest BCUT2D eigenvalue weighted by molar-refractivity contribution is 7.12. The number of ether oxygens (including phenoxy) is 1. The first-order valence-electron chi connectivity index (χ1n) is 9.58. The van der Waals surface area contributed by atoms with Crippen LogP contribution < -0.4 is 10.1 Å². The van der Waals surface area contributed by atoms with Gasteiger partial charge >= 0.3 is 6.09 Å². The van der Waals surface area contributed by atoms with Crippen molar-refractivity contribution in [1.29, 1.82) is 0 Å². The Morgan fingerprint density at radius 2 is 1.86 bits per heavy atom. The van der Waals surface area contributed by atoms with E-state index >= 15 is 0 Å². The molecule has 0 saturated heterocycles. The highest BCUT2D eigenvalue weighted by Crippen LogP contribution is 2.28. The number of nitrogens with one attached hydrogen (secondary N) is 1. The van der Waals surface area contributed by atoms with Crippen LogP contribution in [0.2, 0.25) is 0 Å². The largest absolute Gasteiger partial charge is 0.412 e. The van der Waals surface area contributed by atoms with Gasteiger partial charge in [-0.3, -0.25) is 4.98 Å². The molecule has 1 aliphatic carbocycles. The van der Waals surface area contributed by atoms with Crippen LogP contribution >= 0.6 is 11.3 Å². The zero-order valence-corrected chi connectivity index (χ0v) is 16.3. The van der Waals surface area contributed by atoms with E-state index in [9.17, 15) is 4.79 Å². The van der Waals surface area contributed by atoms with Crippen LogP contribution in [0.1, 0.15) is 38.5 Å². The summed E-state index contributed by atoms with van der Waals surface area (Å²) in [4.78, 5) is 16.6. The zero-order valence-electron chi connectivity index (χ0n) is 15.5. The SMILES string of the molecule is O=C(NC1CCCCCC1)Oc1cccc(-c2cncc(-c3nncs3)c2)c1. The van der Waals surface area contributed by atoms with E-state index in [1.54, 1.807) is 24.0 Å². The molecule has 6 nitrogen and oxygen atoms in total. The van der Waals surface area contributed by atoms with Crippen molar-refractivity contribution in [3.8, 4) is 27.4 Å². The third-order valence-electron chi connectivity index (χ3n) is 4.90. The molecule has 4 rings (SSSR count). The lowest BCUT2D eigenvalue weighted by Crippen LogP contribution is -2.36. The summed E-state index contributed by atoms with van der Waals surface area (Å²) in [6, 6.07) is 9.72. The van der Waals surface area contributed by atoms with Crippen molar-refractivity contribution in [3.05, 3.63) is 48.2 Å². The summed E-state index contributed by atoms with van der Waals surface area (Å²) in [7, 11) is 0. The van der Waals surface area contributed by atoms with Crippen LogP contribution in [-0.2, 0) is 0 Å². The molecule has 1 N–H and O–H groups in total. The van der Waals surface area contributed by atoms with Gasteiger partial charge in [0.15, 0.2) is 0 Å². The van der Waals surface area contributed by atoms with Gasteiger partial charge in [0.2, 0.25) is 0 Å². The van der Waals surface area contributed by atoms with Gasteiger partial charge in [-0.25, -0.2) is 4.79 Å². The second kappa shape index (κ2) is 8.93. The number of rotatable bonds is 4. The van der Waals surface area contributed by atoms with Crippen molar-refractivity contribution in [2.45, 2.75) is 44.6 Å². The molecule has 0 spiro atoms. The maximum Gasteiger partial charge on any atom is 0.412 e. The van der Waals surface area contributed by atoms with E-state index in [0.717, 1.165) is 34.5 Å². The van der Waals surface area contributed by atoms with Crippen LogP contribution in [-0.4, -0.2) is 27.3 Å². The van der Waals surface area contributed by atoms with E-state index in [-0.39, 0.29) is 12.1 Å². The molecule has 1 aromatic carbocycles. The predicted octanol–water partition coefficient (Wildman–Crippen LogP) is 5.08. The molecule has 1 fully saturated rings. The number of aromatic nitrogens is 3. The fraction of sp³-hybridized carbons (Fsp3) is 0.333. The van der Waals surface area contributed by atoms with Crippen LogP contribution in [0.4, 0.5) is 4.79 Å². The minimum atomic E-state index is -0.384. The molecule has 1 saturated carbocycles. The van der Waals surface area contributed by atoms with Gasteiger partial charge in [0.05, 0.1) is 0 Å². The Bertz CT molecular complexity index is 922. The van der Waals surface area contributed by atoms with Gasteiger partial charge in [-0.05, 0) is 36.6 Å². The molecule has 144 valence electrons. The average molecular weight is 395 g/mol. The fourth-order valence-corrected chi connectivity index (χ4v) is 4.02. The molecule has 0 atom stereocenters. The van der Waals surface area contributed by atoms with Crippen molar-refractivity contribution in [2.75, 3.05) is 0 Å². The Labute approximate surface area is 168 Å². The van der Waals surface area contributed by atoms with Gasteiger partial charge in [0.25, 0.3) is 0 Å². The topological polar surface area (TPSA) is 77.0 Å². The van der Waals surface area contributed by atoms with E-state index in [2.05, 4.69) is 20.5 Å². The van der Waals surface area contributed by atoms with Crippen LogP contribution in [0.5, 0.6) is 5.75 Å². The first-order valence-corrected chi connectivity index (χ1v) is 10.5. The Balaban J connectivity index is 1.46. The van der Waals surface area contributed by atoms with Crippen molar-refractivity contribution in [1.82, 2.24) is 20.5 Å². The van der Waals surface area contributed by atoms with Crippen LogP contribution in [0.25, 0.3) is 21.7 Å². The standard InChI is InChI=1S/C21H22N4O2S/c26-21(24-18-7-3-1-2-4-8-18)27-19-9-5-6-15(11-19)16-10-17(13-22-12-16)20-25-23-14-28-20/h5-6,9-14,18H,1-4,7-8H2,(H,24,26). The van der Waals surface area contributed by atoms with Crippen molar-refractivity contribution < 1.29 is 9.53 Å². The summed E-state index contributed by atoms with van der Waals surface area (Å²) in [5.74, 6) is 0.518. The number of pyridine rings is 1. The molecule has 7 heteroatoms. The molecule has 2 heterocycles. The maximum absolute atomic E-state index is 12.3. The summed E-state index contributed by atoms with van der Waals surface area (Å²) < 4.78 is 5.53. The molecule has 1 aliphatic rings. The lowest BCUT2D eigenvalue weighted by atomic mass is 10.1. The summed E-state index contributed by atoms with van der Waals surface area (Å²) in [6.07, 6.45) is 10.1. The molecule has 0 radical (unpaired) electrons. The van der Waals surface area contributed by atoms with Gasteiger partial charge in [-0.15, -0.1) is 10.2 Å². The summed E-state index contributed by atoms with van der Waals surface area (Å²) >= 11 is 1.47. The first kappa shape index (κ1) is 18.6. The Kier molecular flexibility index (Phi) is 5.92. The van der Waals surface area contributed by atoms with Crippen molar-refractivity contribution in [2.24, 2.45) is 0 Å². The molecule has 1 amide bonds. The van der Waals surface area contributed by atoms with Crippen molar-refractivity contribution >= 4 is 17.4 Å². The van der Waals surface area contributed by atoms with E-state index in [4.69, 9.17) is 4.74 Å². The predicted molar refractivity (Wildman–Crippen MR) is 109 cm³/mol. The summed E-state index contributed by atoms with van der Waals surface area (Å²) in [5.41, 5.74) is 4.47. The number of hydrogen-bond donors (Lipinski definition) is 1. The molecule has 2 aromatic heterocycles. The van der Waals surface area contributed by atoms with Crippen LogP contribution in [0.15, 0.2) is 48.2 Å². The first-order chi connectivity index (χ1) is 13.8. The van der Waals surface area contributed by atoms with E-state index in [1.807, 2.05) is 24.3 Å². The Morgan fingerprint density at radius 3 is 2.64 bits per heavy atom. The molecular weight excluding hydrogens is 372 g/mol. The monoisotopic (exact) mass is 394 g/mol. The number of carbonyl (C=O) groups excluding carboxylic acids is 1. The highest BCUT2D eigenvalue weighted by Gasteiger charge is 2.16. The van der Waals surface area contributed by atoms with E-state index < -0.39 is 0 Å². The van der Waals surface area contributed by atoms with Gasteiger partial charge in [-0.2, -0.15) is 0 Å². The second-order valence-electron chi connectivity index (χ2n) is 6.96. The Morgan fingerprint density at radius 1 is 1.04 bits per heavy atom. The second-order valence-corrected chi connectivity index (χ2v) is 7.79. The van der Waals surface area contributed by atoms with Crippen LogP contribution in [0.3, 0.4) is 0 Å². The minimum absolute atomic E-state index is 0.214. The lowest BCUT2D eigenvalue weighted by molar-refractivity contribution is 0.194. The molecule has 3 aromatic rings. The molecule has 0 bridgehead atoms. The van der Waals surface area contributed by atoms with Gasteiger partial charge in [0.1, 0.15) is 16.3 Å². The fourth-order valence-electron chi connectivity index (χ4n) is 3.48. The summed E-state index contributed by atoms with van der Waals surface area (Å²) in [6.45, 7) is 0.